The van der Waals surface area contributed by atoms with Gasteiger partial charge in [0.25, 0.3) is 5.91 Å². The molecule has 3 atom stereocenters. The van der Waals surface area contributed by atoms with Crippen molar-refractivity contribution in [1.29, 1.82) is 0 Å². The van der Waals surface area contributed by atoms with Crippen molar-refractivity contribution >= 4 is 41.2 Å². The molecule has 4 heterocycles. The molecule has 0 saturated heterocycles. The van der Waals surface area contributed by atoms with E-state index in [4.69, 9.17) is 9.73 Å². The highest BCUT2D eigenvalue weighted by Gasteiger charge is 2.41. The minimum absolute atomic E-state index is 0.156. The van der Waals surface area contributed by atoms with Crippen LogP contribution in [0.5, 0.6) is 0 Å². The van der Waals surface area contributed by atoms with Gasteiger partial charge < -0.3 is 35.0 Å². The summed E-state index contributed by atoms with van der Waals surface area (Å²) >= 11 is 0. The van der Waals surface area contributed by atoms with Crippen LogP contribution in [0.15, 0.2) is 40.1 Å². The first-order chi connectivity index (χ1) is 21.9. The zero-order chi connectivity index (χ0) is 33.6. The minimum Gasteiger partial charge on any atom is -0.871 e. The van der Waals surface area contributed by atoms with Gasteiger partial charge in [0.15, 0.2) is 6.29 Å². The molecule has 0 saturated carbocycles. The zero-order valence-electron chi connectivity index (χ0n) is 26.9. The average molecular weight is 627 g/mol. The lowest BCUT2D eigenvalue weighted by atomic mass is 9.82. The topological polar surface area (TPSA) is 180 Å². The number of nitrogens with zero attached hydrogens (tertiary/aromatic N) is 1. The van der Waals surface area contributed by atoms with Crippen LogP contribution in [0.4, 0.5) is 0 Å². The largest absolute Gasteiger partial charge is 0.871 e. The van der Waals surface area contributed by atoms with Gasteiger partial charge >= 0.3 is 5.97 Å². The molecule has 1 unspecified atom stereocenters. The molecule has 0 radical (unpaired) electrons. The number of aldehydes is 1. The number of esters is 1. The summed E-state index contributed by atoms with van der Waals surface area (Å²) in [6.45, 7) is 13.2. The molecule has 2 aliphatic heterocycles. The second-order valence-electron chi connectivity index (χ2n) is 12.1. The van der Waals surface area contributed by atoms with Crippen LogP contribution in [0.2, 0.25) is 0 Å². The monoisotopic (exact) mass is 626 g/mol. The Bertz CT molecular complexity index is 1810. The Balaban J connectivity index is 1.67. The number of carbonyl (C=O) groups is 4. The van der Waals surface area contributed by atoms with Gasteiger partial charge in [-0.3, -0.25) is 14.6 Å². The predicted octanol–water partition coefficient (Wildman–Crippen LogP) is 2.52. The zero-order valence-corrected chi connectivity index (χ0v) is 26.9. The summed E-state index contributed by atoms with van der Waals surface area (Å²) in [7, 11) is 1.20. The molecule has 1 aliphatic carbocycles. The standard InChI is InChI=1S/C35H40N4O7/c1-8-19-15(3)26(14-40)36-25(19)13-24-18(6)28-32(38-24)29(30(33(28)43)35(45)46-7)31-21(10-11-27(41)42)17(5)22(37-31)12-23-16(4)20(9-2)34(44)39-23/h9,14,17,21,23,36,38,43H,2,8,10-13H2,1,3-7H3,(H,39,44)(H,41,42)/p-2/b31-29-/t17-,21-,23?/m0/s1. The van der Waals surface area contributed by atoms with Gasteiger partial charge in [-0.15, -0.1) is 0 Å². The van der Waals surface area contributed by atoms with Crippen LogP contribution < -0.4 is 15.5 Å². The third kappa shape index (κ3) is 5.23. The Morgan fingerprint density at radius 2 is 1.85 bits per heavy atom. The summed E-state index contributed by atoms with van der Waals surface area (Å²) < 4.78 is 5.07. The normalized spacial score (nSPS) is 22.3. The number of ether oxygens (including phenoxy) is 1. The Labute approximate surface area is 267 Å². The average Bonchev–Trinajstić information content (AvgIpc) is 3.76. The maximum absolute atomic E-state index is 14.0. The SMILES string of the molecule is C=CC1=C(C)C(CC2=N/C(=C3/C(C(=O)OC)=C([O-])c4c3[nH]c(Cc3[nH]c(C=O)c(C)c3CC)c4C)[C@@H](CCC(=O)[O-])[C@@H]2C)NC1=O. The van der Waals surface area contributed by atoms with Crippen molar-refractivity contribution < 1.29 is 34.1 Å². The number of allylic oxidation sites excluding steroid dienone is 1. The Morgan fingerprint density at radius 3 is 2.43 bits per heavy atom. The number of hydrogen-bond acceptors (Lipinski definition) is 8. The number of carbonyl (C=O) groups excluding carboxylic acids is 4. The fraction of sp³-hybridized carbons (Fsp3) is 0.400. The smallest absolute Gasteiger partial charge is 0.338 e. The van der Waals surface area contributed by atoms with E-state index in [0.717, 1.165) is 34.4 Å². The van der Waals surface area contributed by atoms with Crippen molar-refractivity contribution in [2.75, 3.05) is 7.11 Å². The highest BCUT2D eigenvalue weighted by molar-refractivity contribution is 6.17. The van der Waals surface area contributed by atoms with Crippen LogP contribution in [0, 0.1) is 25.7 Å². The Hall–Kier alpha value is -4.93. The number of carboxylic acids is 1. The van der Waals surface area contributed by atoms with Gasteiger partial charge in [0, 0.05) is 58.9 Å². The lowest BCUT2D eigenvalue weighted by Gasteiger charge is -2.21. The van der Waals surface area contributed by atoms with Crippen LogP contribution in [0.1, 0.15) is 89.9 Å². The van der Waals surface area contributed by atoms with E-state index in [1.54, 1.807) is 0 Å². The van der Waals surface area contributed by atoms with E-state index in [1.807, 2.05) is 34.6 Å². The molecule has 0 fully saturated rings. The fourth-order valence-electron chi connectivity index (χ4n) is 7.17. The summed E-state index contributed by atoms with van der Waals surface area (Å²) in [5, 5.41) is 28.5. The molecule has 11 heteroatoms. The third-order valence-electron chi connectivity index (χ3n) is 9.80. The molecule has 0 spiro atoms. The number of aliphatic carboxylic acids is 1. The van der Waals surface area contributed by atoms with Crippen molar-refractivity contribution in [3.63, 3.8) is 0 Å². The van der Waals surface area contributed by atoms with E-state index in [9.17, 15) is 29.4 Å². The maximum Gasteiger partial charge on any atom is 0.338 e. The van der Waals surface area contributed by atoms with Crippen molar-refractivity contribution in [2.45, 2.75) is 72.8 Å². The lowest BCUT2D eigenvalue weighted by molar-refractivity contribution is -0.306. The molecular weight excluding hydrogens is 588 g/mol. The van der Waals surface area contributed by atoms with Crippen LogP contribution in [-0.4, -0.2) is 53.0 Å². The number of carboxylic acid groups (broad SMARTS) is 1. The first kappa shape index (κ1) is 32.5. The quantitative estimate of drug-likeness (QED) is 0.253. The van der Waals surface area contributed by atoms with Crippen LogP contribution >= 0.6 is 0 Å². The first-order valence-electron chi connectivity index (χ1n) is 15.4. The van der Waals surface area contributed by atoms with E-state index in [1.165, 1.54) is 13.2 Å². The minimum atomic E-state index is -1.22. The van der Waals surface area contributed by atoms with Gasteiger partial charge in [0.05, 0.1) is 35.8 Å². The van der Waals surface area contributed by atoms with E-state index < -0.39 is 23.6 Å². The summed E-state index contributed by atoms with van der Waals surface area (Å²) in [4.78, 5) is 60.5. The van der Waals surface area contributed by atoms with Gasteiger partial charge in [-0.2, -0.15) is 0 Å². The highest BCUT2D eigenvalue weighted by Crippen LogP contribution is 2.49. The molecule has 2 aromatic rings. The molecule has 2 aromatic heterocycles. The van der Waals surface area contributed by atoms with E-state index in [0.29, 0.717) is 64.3 Å². The number of fused-ring (bicyclic) bond motifs is 1. The summed E-state index contributed by atoms with van der Waals surface area (Å²) in [6.07, 6.45) is 3.69. The number of aliphatic imine (C=N–C) groups is 1. The summed E-state index contributed by atoms with van der Waals surface area (Å²) in [5.41, 5.74) is 8.04. The molecule has 0 bridgehead atoms. The van der Waals surface area contributed by atoms with Crippen molar-refractivity contribution in [1.82, 2.24) is 15.3 Å². The van der Waals surface area contributed by atoms with Crippen molar-refractivity contribution in [3.05, 3.63) is 80.1 Å². The number of nitrogens with one attached hydrogen (secondary N) is 3. The molecule has 3 N–H and O–H groups in total. The van der Waals surface area contributed by atoms with Crippen LogP contribution in [0.25, 0.3) is 11.3 Å². The Kier molecular flexibility index (Phi) is 8.79. The van der Waals surface area contributed by atoms with Gasteiger partial charge in [-0.25, -0.2) is 4.79 Å². The molecule has 1 amide bonds. The molecule has 5 rings (SSSR count). The van der Waals surface area contributed by atoms with Crippen molar-refractivity contribution in [3.8, 4) is 0 Å². The van der Waals surface area contributed by atoms with Gasteiger partial charge in [-0.05, 0) is 67.9 Å². The van der Waals surface area contributed by atoms with E-state index in [2.05, 4.69) is 21.9 Å². The first-order valence-corrected chi connectivity index (χ1v) is 15.4. The number of methoxy groups -OCH3 is 1. The molecule has 46 heavy (non-hydrogen) atoms. The van der Waals surface area contributed by atoms with Gasteiger partial charge in [-0.1, -0.05) is 32.3 Å². The fourth-order valence-corrected chi connectivity index (χ4v) is 7.17. The Morgan fingerprint density at radius 1 is 1.13 bits per heavy atom. The van der Waals surface area contributed by atoms with Crippen molar-refractivity contribution in [2.24, 2.45) is 16.8 Å². The predicted molar refractivity (Wildman–Crippen MR) is 168 cm³/mol. The maximum atomic E-state index is 14.0. The number of H-pyrrole nitrogens is 2. The second kappa shape index (κ2) is 12.5. The van der Waals surface area contributed by atoms with Gasteiger partial charge in [0.1, 0.15) is 0 Å². The van der Waals surface area contributed by atoms with Gasteiger partial charge in [0.2, 0.25) is 0 Å². The third-order valence-corrected chi connectivity index (χ3v) is 9.80. The van der Waals surface area contributed by atoms with E-state index in [-0.39, 0.29) is 36.3 Å². The molecule has 242 valence electrons. The molecule has 3 aliphatic rings. The lowest BCUT2D eigenvalue weighted by Crippen LogP contribution is -2.32. The van der Waals surface area contributed by atoms with Crippen LogP contribution in [0.3, 0.4) is 0 Å². The number of aromatic amines is 2. The number of aromatic nitrogens is 2. The number of rotatable bonds is 11. The molecular formula is C35H38N4O7-2. The number of amides is 1. The summed E-state index contributed by atoms with van der Waals surface area (Å²) in [5.74, 6) is -3.46. The second-order valence-corrected chi connectivity index (χ2v) is 12.1. The van der Waals surface area contributed by atoms with E-state index >= 15 is 0 Å². The highest BCUT2D eigenvalue weighted by atomic mass is 16.5. The molecule has 11 nitrogen and oxygen atoms in total. The van der Waals surface area contributed by atoms with Crippen LogP contribution in [-0.2, 0) is 32.0 Å². The summed E-state index contributed by atoms with van der Waals surface area (Å²) in [6, 6.07) is -0.328. The molecule has 0 aromatic carbocycles. The number of hydrogen-bond donors (Lipinski definition) is 3.